The molecule has 0 N–H and O–H groups in total. The molecule has 0 atom stereocenters. The molecule has 0 aliphatic rings. The van der Waals surface area contributed by atoms with Gasteiger partial charge in [0.05, 0.1) is 16.6 Å². The van der Waals surface area contributed by atoms with E-state index in [4.69, 9.17) is 16.3 Å². The highest BCUT2D eigenvalue weighted by atomic mass is 35.5. The number of aryl methyl sites for hydroxylation is 1. The Labute approximate surface area is 159 Å². The molecule has 0 bridgehead atoms. The second-order valence-corrected chi connectivity index (χ2v) is 13.8. The smallest absolute Gasteiger partial charge is 0.158 e. The van der Waals surface area contributed by atoms with Crippen molar-refractivity contribution in [2.45, 2.75) is 39.3 Å². The number of fused-ring (bicyclic) bond motifs is 1. The van der Waals surface area contributed by atoms with E-state index in [1.54, 1.807) is 6.07 Å². The van der Waals surface area contributed by atoms with Crippen LogP contribution in [0.2, 0.25) is 30.8 Å². The third kappa shape index (κ3) is 4.00. The number of benzene rings is 1. The molecule has 0 spiro atoms. The molecule has 0 aliphatic heterocycles. The summed E-state index contributed by atoms with van der Waals surface area (Å²) in [6.07, 6.45) is 1.49. The monoisotopic (exact) mass is 390 g/mol. The molecule has 138 valence electrons. The topological polar surface area (TPSA) is 27.1 Å². The maximum absolute atomic E-state index is 15.2. The van der Waals surface area contributed by atoms with Gasteiger partial charge in [-0.05, 0) is 24.6 Å². The van der Waals surface area contributed by atoms with E-state index in [0.717, 1.165) is 17.2 Å². The molecule has 0 radical (unpaired) electrons. The Hall–Kier alpha value is -1.69. The lowest BCUT2D eigenvalue weighted by atomic mass is 10.1. The van der Waals surface area contributed by atoms with Crippen molar-refractivity contribution in [2.24, 2.45) is 0 Å². The van der Waals surface area contributed by atoms with Crippen molar-refractivity contribution < 1.29 is 9.13 Å². The Balaban J connectivity index is 2.05. The van der Waals surface area contributed by atoms with Gasteiger partial charge < -0.3 is 9.30 Å². The van der Waals surface area contributed by atoms with E-state index in [-0.39, 0.29) is 12.5 Å². The highest BCUT2D eigenvalue weighted by Gasteiger charge is 2.21. The maximum atomic E-state index is 15.2. The average Bonchev–Trinajstić information content (AvgIpc) is 2.83. The van der Waals surface area contributed by atoms with Crippen molar-refractivity contribution in [3.8, 4) is 11.3 Å². The van der Waals surface area contributed by atoms with Gasteiger partial charge in [-0.15, -0.1) is 0 Å². The normalized spacial score (nSPS) is 12.1. The molecule has 0 aliphatic carbocycles. The van der Waals surface area contributed by atoms with Crippen LogP contribution in [-0.2, 0) is 11.5 Å². The van der Waals surface area contributed by atoms with Gasteiger partial charge in [-0.1, -0.05) is 55.5 Å². The van der Waals surface area contributed by atoms with Gasteiger partial charge in [-0.25, -0.2) is 9.37 Å². The van der Waals surface area contributed by atoms with Gasteiger partial charge in [0, 0.05) is 26.4 Å². The first kappa shape index (κ1) is 19.1. The summed E-state index contributed by atoms with van der Waals surface area (Å²) in [5, 5.41) is 0.802. The first-order chi connectivity index (χ1) is 12.3. The maximum Gasteiger partial charge on any atom is 0.158 e. The second kappa shape index (κ2) is 7.51. The standard InChI is InChI=1S/C20H24ClFN2OSi/c1-14-7-5-6-8-15(14)20-19(22)16-12-23-18(21)11-17(16)24(20)13-25-9-10-26(2,3)4/h5-8,11-12H,9-10,13H2,1-4H3. The first-order valence-corrected chi connectivity index (χ1v) is 12.8. The minimum absolute atomic E-state index is 0.285. The number of ether oxygens (including phenoxy) is 1. The fraction of sp³-hybridized carbons (Fsp3) is 0.350. The summed E-state index contributed by atoms with van der Waals surface area (Å²) in [6, 6.07) is 10.5. The Bertz CT molecular complexity index is 933. The predicted molar refractivity (Wildman–Crippen MR) is 109 cm³/mol. The zero-order chi connectivity index (χ0) is 18.9. The molecule has 0 amide bonds. The van der Waals surface area contributed by atoms with Crippen LogP contribution in [-0.4, -0.2) is 24.2 Å². The van der Waals surface area contributed by atoms with Crippen LogP contribution in [0.15, 0.2) is 36.5 Å². The van der Waals surface area contributed by atoms with Crippen LogP contribution in [0.5, 0.6) is 0 Å². The number of rotatable bonds is 6. The third-order valence-electron chi connectivity index (χ3n) is 4.47. The van der Waals surface area contributed by atoms with E-state index in [2.05, 4.69) is 24.6 Å². The van der Waals surface area contributed by atoms with Crippen LogP contribution >= 0.6 is 11.6 Å². The molecule has 2 aromatic heterocycles. The van der Waals surface area contributed by atoms with Gasteiger partial charge in [0.2, 0.25) is 0 Å². The Morgan fingerprint density at radius 1 is 1.23 bits per heavy atom. The molecule has 0 fully saturated rings. The van der Waals surface area contributed by atoms with Gasteiger partial charge >= 0.3 is 0 Å². The summed E-state index contributed by atoms with van der Waals surface area (Å²) in [5.41, 5.74) is 3.09. The van der Waals surface area contributed by atoms with E-state index in [0.29, 0.717) is 28.4 Å². The fourth-order valence-electron chi connectivity index (χ4n) is 2.95. The molecular weight excluding hydrogens is 367 g/mol. The van der Waals surface area contributed by atoms with Crippen LogP contribution in [0.3, 0.4) is 0 Å². The number of aromatic nitrogens is 2. The van der Waals surface area contributed by atoms with Gasteiger partial charge in [0.25, 0.3) is 0 Å². The molecule has 3 aromatic rings. The molecule has 26 heavy (non-hydrogen) atoms. The minimum atomic E-state index is -1.18. The lowest BCUT2D eigenvalue weighted by molar-refractivity contribution is 0.0909. The molecule has 3 nitrogen and oxygen atoms in total. The fourth-order valence-corrected chi connectivity index (χ4v) is 3.86. The lowest BCUT2D eigenvalue weighted by Crippen LogP contribution is -2.22. The predicted octanol–water partition coefficient (Wildman–Crippen LogP) is 6.12. The van der Waals surface area contributed by atoms with Crippen LogP contribution in [0, 0.1) is 12.7 Å². The number of pyridine rings is 1. The molecule has 0 unspecified atom stereocenters. The lowest BCUT2D eigenvalue weighted by Gasteiger charge is -2.17. The SMILES string of the molecule is Cc1ccccc1-c1c(F)c2cnc(Cl)cc2n1COCC[Si](C)(C)C. The van der Waals surface area contributed by atoms with Crippen LogP contribution in [0.4, 0.5) is 4.39 Å². The Morgan fingerprint density at radius 2 is 1.96 bits per heavy atom. The summed E-state index contributed by atoms with van der Waals surface area (Å²) in [7, 11) is -1.18. The van der Waals surface area contributed by atoms with Gasteiger partial charge in [-0.3, -0.25) is 0 Å². The number of hydrogen-bond donors (Lipinski definition) is 0. The van der Waals surface area contributed by atoms with E-state index in [9.17, 15) is 0 Å². The van der Waals surface area contributed by atoms with Crippen molar-refractivity contribution in [1.29, 1.82) is 0 Å². The summed E-state index contributed by atoms with van der Waals surface area (Å²) < 4.78 is 23.0. The highest BCUT2D eigenvalue weighted by Crippen LogP contribution is 2.34. The van der Waals surface area contributed by atoms with Crippen LogP contribution in [0.25, 0.3) is 22.2 Å². The van der Waals surface area contributed by atoms with Gasteiger partial charge in [-0.2, -0.15) is 0 Å². The average molecular weight is 391 g/mol. The minimum Gasteiger partial charge on any atom is -0.361 e. The van der Waals surface area contributed by atoms with Crippen LogP contribution < -0.4 is 0 Å². The van der Waals surface area contributed by atoms with E-state index in [1.807, 2.05) is 35.8 Å². The highest BCUT2D eigenvalue weighted by molar-refractivity contribution is 6.76. The molecule has 0 saturated heterocycles. The zero-order valence-corrected chi connectivity index (χ0v) is 17.4. The largest absolute Gasteiger partial charge is 0.361 e. The third-order valence-corrected chi connectivity index (χ3v) is 6.38. The molecular formula is C20H24ClFN2OSi. The van der Waals surface area contributed by atoms with Gasteiger partial charge in [0.15, 0.2) is 5.82 Å². The quantitative estimate of drug-likeness (QED) is 0.288. The second-order valence-electron chi connectivity index (χ2n) is 7.78. The molecule has 0 saturated carbocycles. The van der Waals surface area contributed by atoms with E-state index >= 15 is 4.39 Å². The zero-order valence-electron chi connectivity index (χ0n) is 15.6. The van der Waals surface area contributed by atoms with Crippen molar-refractivity contribution in [3.05, 3.63) is 53.1 Å². The summed E-state index contributed by atoms with van der Waals surface area (Å²) in [5.74, 6) is -0.285. The number of nitrogens with zero attached hydrogens (tertiary/aromatic N) is 2. The summed E-state index contributed by atoms with van der Waals surface area (Å²) >= 11 is 6.07. The molecule has 3 rings (SSSR count). The molecule has 1 aromatic carbocycles. The Kier molecular flexibility index (Phi) is 5.51. The van der Waals surface area contributed by atoms with E-state index < -0.39 is 8.07 Å². The van der Waals surface area contributed by atoms with Crippen molar-refractivity contribution in [3.63, 3.8) is 0 Å². The summed E-state index contributed by atoms with van der Waals surface area (Å²) in [6.45, 7) is 9.87. The van der Waals surface area contributed by atoms with E-state index in [1.165, 1.54) is 6.20 Å². The number of hydrogen-bond acceptors (Lipinski definition) is 2. The van der Waals surface area contributed by atoms with Crippen molar-refractivity contribution in [1.82, 2.24) is 9.55 Å². The number of halogens is 2. The molecule has 6 heteroatoms. The van der Waals surface area contributed by atoms with Crippen LogP contribution in [0.1, 0.15) is 5.56 Å². The van der Waals surface area contributed by atoms with Crippen molar-refractivity contribution in [2.75, 3.05) is 6.61 Å². The Morgan fingerprint density at radius 3 is 2.65 bits per heavy atom. The molecule has 2 heterocycles. The first-order valence-electron chi connectivity index (χ1n) is 8.75. The summed E-state index contributed by atoms with van der Waals surface area (Å²) in [4.78, 5) is 4.04. The van der Waals surface area contributed by atoms with Gasteiger partial charge in [0.1, 0.15) is 11.9 Å². The van der Waals surface area contributed by atoms with Crippen molar-refractivity contribution >= 4 is 30.6 Å².